The summed E-state index contributed by atoms with van der Waals surface area (Å²) in [4.78, 5) is 33.9. The van der Waals surface area contributed by atoms with Crippen LogP contribution in [-0.2, 0) is 22.4 Å². The van der Waals surface area contributed by atoms with Crippen LogP contribution in [0.5, 0.6) is 11.5 Å². The molecule has 2 atom stereocenters. The van der Waals surface area contributed by atoms with Crippen molar-refractivity contribution in [1.29, 1.82) is 0 Å². The Morgan fingerprint density at radius 3 is 2.33 bits per heavy atom. The Morgan fingerprint density at radius 1 is 0.979 bits per heavy atom. The van der Waals surface area contributed by atoms with Crippen LogP contribution in [0, 0.1) is 5.92 Å². The predicted molar refractivity (Wildman–Crippen MR) is 177 cm³/mol. The molecule has 48 heavy (non-hydrogen) atoms. The van der Waals surface area contributed by atoms with Crippen molar-refractivity contribution in [3.05, 3.63) is 106 Å². The van der Waals surface area contributed by atoms with Gasteiger partial charge in [0.2, 0.25) is 5.76 Å². The fourth-order valence-corrected chi connectivity index (χ4v) is 6.69. The highest BCUT2D eigenvalue weighted by Gasteiger charge is 2.37. The number of ether oxygens (including phenoxy) is 4. The Morgan fingerprint density at radius 2 is 1.69 bits per heavy atom. The monoisotopic (exact) mass is 697 g/mol. The number of benzene rings is 2. The number of hydrogen-bond donors (Lipinski definition) is 0. The van der Waals surface area contributed by atoms with Crippen molar-refractivity contribution in [2.75, 3.05) is 38.8 Å². The van der Waals surface area contributed by atoms with Gasteiger partial charge in [0.25, 0.3) is 0 Å². The number of fused-ring (bicyclic) bond motifs is 3. The molecule has 3 fully saturated rings. The average Bonchev–Trinajstić information content (AvgIpc) is 3.58. The smallest absolute Gasteiger partial charge is 0.415 e. The summed E-state index contributed by atoms with van der Waals surface area (Å²) in [7, 11) is 3.07. The molecular weight excluding hydrogens is 661 g/mol. The largest absolute Gasteiger partial charge is 0.870 e. The number of carbonyl (C=O) groups is 2. The maximum Gasteiger partial charge on any atom is 0.415 e. The molecule has 0 spiro atoms. The number of nitrogens with zero attached hydrogens (tertiary/aromatic N) is 2. The maximum atomic E-state index is 13.6. The molecule has 1 amide bonds. The molecule has 2 N–H and O–H groups in total. The van der Waals surface area contributed by atoms with Crippen LogP contribution < -0.4 is 19.4 Å². The molecule has 0 unspecified atom stereocenters. The number of amides is 1. The molecule has 3 aliphatic heterocycles. The molecular formula is C35H37Cl2N3O8. The van der Waals surface area contributed by atoms with Crippen LogP contribution in [0.1, 0.15) is 46.4 Å². The maximum absolute atomic E-state index is 13.6. The topological polar surface area (TPSA) is 135 Å². The van der Waals surface area contributed by atoms with Crippen LogP contribution in [0.2, 0.25) is 10.0 Å². The van der Waals surface area contributed by atoms with Crippen molar-refractivity contribution in [2.45, 2.75) is 38.0 Å². The second-order valence-electron chi connectivity index (χ2n) is 11.6. The highest BCUT2D eigenvalue weighted by Crippen LogP contribution is 2.36. The zero-order valence-electron chi connectivity index (χ0n) is 26.6. The molecule has 0 saturated carbocycles. The van der Waals surface area contributed by atoms with Gasteiger partial charge in [0.1, 0.15) is 28.0 Å². The summed E-state index contributed by atoms with van der Waals surface area (Å²) in [5.74, 6) is 1.02. The third-order valence-corrected chi connectivity index (χ3v) is 9.40. The molecule has 7 rings (SSSR count). The van der Waals surface area contributed by atoms with Crippen LogP contribution in [-0.4, -0.2) is 62.4 Å². The lowest BCUT2D eigenvalue weighted by Crippen LogP contribution is -2.53. The Balaban J connectivity index is 0.00000451. The quantitative estimate of drug-likeness (QED) is 0.158. The molecule has 0 radical (unpaired) electrons. The summed E-state index contributed by atoms with van der Waals surface area (Å²) in [6.45, 7) is 2.89. The minimum atomic E-state index is -0.814. The molecule has 2 aromatic heterocycles. The third-order valence-electron chi connectivity index (χ3n) is 8.73. The number of nitrogens with one attached hydrogen (secondary N) is 1. The summed E-state index contributed by atoms with van der Waals surface area (Å²) in [6, 6.07) is 17.7. The predicted octanol–water partition coefficient (Wildman–Crippen LogP) is 6.62. The number of hydrogen-bond acceptors (Lipinski definition) is 9. The zero-order chi connectivity index (χ0) is 32.9. The van der Waals surface area contributed by atoms with Gasteiger partial charge >= 0.3 is 12.1 Å². The van der Waals surface area contributed by atoms with Crippen LogP contribution in [0.25, 0.3) is 0 Å². The van der Waals surface area contributed by atoms with E-state index in [-0.39, 0.29) is 30.3 Å². The average molecular weight is 699 g/mol. The van der Waals surface area contributed by atoms with Gasteiger partial charge in [0.05, 0.1) is 20.8 Å². The van der Waals surface area contributed by atoms with Gasteiger partial charge in [0, 0.05) is 24.2 Å². The van der Waals surface area contributed by atoms with Gasteiger partial charge in [-0.05, 0) is 73.8 Å². The van der Waals surface area contributed by atoms with Gasteiger partial charge in [-0.2, -0.15) is 0 Å². The lowest BCUT2D eigenvalue weighted by Gasteiger charge is -2.44. The van der Waals surface area contributed by atoms with Gasteiger partial charge in [0.15, 0.2) is 23.9 Å². The number of para-hydroxylation sites is 1. The third kappa shape index (κ3) is 7.87. The normalized spacial score (nSPS) is 18.7. The molecule has 2 bridgehead atoms. The van der Waals surface area contributed by atoms with Crippen LogP contribution in [0.4, 0.5) is 10.5 Å². The van der Waals surface area contributed by atoms with E-state index in [2.05, 4.69) is 9.88 Å². The molecule has 4 aromatic rings. The highest BCUT2D eigenvalue weighted by molar-refractivity contribution is 6.35. The molecule has 13 heteroatoms. The standard InChI is InChI=1S/C35H35Cl2N3O7.H2O/c1-43-29-10-8-23(16-32(29)44-2)31(17-26-27(36)18-38-19-28(26)37)46-34(41)30-11-9-25(45-30)20-40(24-6-4-3-5-7-24)35(42)47-33-21-39-14-12-22(33)13-15-39;/h3-11,16,18-19,22,31,33H,12-15,17,20-21H2,1-2H3;1H2/t31-,33-;/m0./s1. The lowest BCUT2D eigenvalue weighted by atomic mass is 9.86. The Hall–Kier alpha value is -4.29. The van der Waals surface area contributed by atoms with Gasteiger partial charge in [-0.15, -0.1) is 0 Å². The number of carbonyl (C=O) groups excluding carboxylic acids is 2. The number of anilines is 1. The summed E-state index contributed by atoms with van der Waals surface area (Å²) in [5, 5.41) is 0.788. The lowest BCUT2D eigenvalue weighted by molar-refractivity contribution is -0.377. The van der Waals surface area contributed by atoms with E-state index >= 15 is 0 Å². The van der Waals surface area contributed by atoms with E-state index in [1.165, 1.54) is 18.1 Å². The number of aromatic nitrogens is 1. The van der Waals surface area contributed by atoms with Crippen molar-refractivity contribution in [3.8, 4) is 11.5 Å². The number of halogens is 2. The molecule has 2 aromatic carbocycles. The first-order valence-electron chi connectivity index (χ1n) is 15.4. The van der Waals surface area contributed by atoms with Crippen molar-refractivity contribution in [2.24, 2.45) is 5.92 Å². The number of furan rings is 1. The van der Waals surface area contributed by atoms with Crippen LogP contribution >= 0.6 is 23.2 Å². The second-order valence-corrected chi connectivity index (χ2v) is 12.4. The first kappa shape index (κ1) is 35.0. The van der Waals surface area contributed by atoms with Crippen molar-refractivity contribution >= 4 is 41.0 Å². The van der Waals surface area contributed by atoms with Crippen molar-refractivity contribution in [1.82, 2.24) is 4.90 Å². The van der Waals surface area contributed by atoms with Crippen molar-refractivity contribution in [3.63, 3.8) is 0 Å². The summed E-state index contributed by atoms with van der Waals surface area (Å²) in [6.07, 6.45) is 4.01. The number of piperidine rings is 3. The Kier molecular flexibility index (Phi) is 11.5. The first-order valence-corrected chi connectivity index (χ1v) is 16.2. The molecule has 5 heterocycles. The minimum absolute atomic E-state index is 0. The summed E-state index contributed by atoms with van der Waals surface area (Å²) in [5.41, 5.74) is 1.88. The number of pyridine rings is 1. The summed E-state index contributed by atoms with van der Waals surface area (Å²) < 4.78 is 28.9. The van der Waals surface area contributed by atoms with E-state index < -0.39 is 18.2 Å². The van der Waals surface area contributed by atoms with Crippen LogP contribution in [0.15, 0.2) is 77.5 Å². The van der Waals surface area contributed by atoms with Crippen LogP contribution in [0.3, 0.4) is 0 Å². The molecule has 3 aliphatic rings. The van der Waals surface area contributed by atoms with E-state index in [1.54, 1.807) is 43.8 Å². The van der Waals surface area contributed by atoms with E-state index in [9.17, 15) is 9.59 Å². The number of rotatable bonds is 11. The van der Waals surface area contributed by atoms with E-state index in [4.69, 9.17) is 46.6 Å². The Labute approximate surface area is 288 Å². The molecule has 0 aliphatic carbocycles. The molecule has 254 valence electrons. The number of H-pyrrole nitrogens is 1. The van der Waals surface area contributed by atoms with Gasteiger partial charge in [-0.1, -0.05) is 47.5 Å². The fraction of sp³-hybridized carbons (Fsp3) is 0.343. The first-order chi connectivity index (χ1) is 22.8. The zero-order valence-corrected chi connectivity index (χ0v) is 28.1. The Bertz CT molecular complexity index is 1690. The molecule has 11 nitrogen and oxygen atoms in total. The number of methoxy groups -OCH3 is 2. The van der Waals surface area contributed by atoms with Gasteiger partial charge in [-0.25, -0.2) is 14.6 Å². The van der Waals surface area contributed by atoms with Crippen molar-refractivity contribution < 1.29 is 43.4 Å². The van der Waals surface area contributed by atoms with E-state index in [1.807, 2.05) is 30.3 Å². The minimum Gasteiger partial charge on any atom is -0.870 e. The van der Waals surface area contributed by atoms with Gasteiger partial charge in [-0.3, -0.25) is 9.80 Å². The highest BCUT2D eigenvalue weighted by atomic mass is 35.5. The number of aromatic amines is 1. The number of esters is 1. The SMILES string of the molecule is COc1ccc([C@H](Cc2c(Cl)c[nH+]cc2Cl)OC(=O)c2ccc(CN(C(=O)O[C@H]3CN4CCC3CC4)c3ccccc3)o2)cc1OC.[OH-]. The van der Waals surface area contributed by atoms with E-state index in [0.717, 1.165) is 32.5 Å². The van der Waals surface area contributed by atoms with Gasteiger partial charge < -0.3 is 28.8 Å². The molecule has 3 saturated heterocycles. The fourth-order valence-electron chi connectivity index (χ4n) is 6.16. The summed E-state index contributed by atoms with van der Waals surface area (Å²) >= 11 is 12.9. The van der Waals surface area contributed by atoms with E-state index in [0.29, 0.717) is 50.0 Å². The second kappa shape index (κ2) is 15.7.